The maximum Gasteiger partial charge on any atom is 0.270 e. The summed E-state index contributed by atoms with van der Waals surface area (Å²) in [6, 6.07) is 5.93. The monoisotopic (exact) mass is 413 g/mol. The lowest BCUT2D eigenvalue weighted by atomic mass is 10.1. The topological polar surface area (TPSA) is 60.2 Å². The SMILES string of the molecule is CCCc1sc(C(=O)/C=C/c2cc([N+](=O)[O-])ccc2Cl)cc1Br. The van der Waals surface area contributed by atoms with Crippen LogP contribution in [0.1, 0.15) is 33.5 Å². The molecule has 120 valence electrons. The highest BCUT2D eigenvalue weighted by Crippen LogP contribution is 2.29. The molecule has 0 unspecified atom stereocenters. The number of benzene rings is 1. The van der Waals surface area contributed by atoms with Crippen LogP contribution in [0.4, 0.5) is 5.69 Å². The fourth-order valence-corrected chi connectivity index (χ4v) is 4.02. The van der Waals surface area contributed by atoms with E-state index in [0.717, 1.165) is 22.2 Å². The first-order valence-electron chi connectivity index (χ1n) is 6.87. The molecule has 2 aromatic rings. The molecule has 4 nitrogen and oxygen atoms in total. The van der Waals surface area contributed by atoms with Crippen molar-refractivity contribution in [2.24, 2.45) is 0 Å². The zero-order chi connectivity index (χ0) is 17.0. The van der Waals surface area contributed by atoms with Crippen LogP contribution in [-0.2, 0) is 6.42 Å². The molecule has 0 aliphatic rings. The van der Waals surface area contributed by atoms with Crippen LogP contribution in [-0.4, -0.2) is 10.7 Å². The fourth-order valence-electron chi connectivity index (χ4n) is 1.95. The van der Waals surface area contributed by atoms with Crippen LogP contribution < -0.4 is 0 Å². The Kier molecular flexibility index (Phi) is 6.10. The molecule has 7 heteroatoms. The Morgan fingerprint density at radius 3 is 2.83 bits per heavy atom. The number of hydrogen-bond acceptors (Lipinski definition) is 4. The highest BCUT2D eigenvalue weighted by molar-refractivity contribution is 9.10. The Morgan fingerprint density at radius 1 is 1.43 bits per heavy atom. The maximum atomic E-state index is 12.2. The smallest absolute Gasteiger partial charge is 0.270 e. The summed E-state index contributed by atoms with van der Waals surface area (Å²) in [5.41, 5.74) is 0.379. The molecule has 0 aliphatic carbocycles. The Balaban J connectivity index is 2.23. The third kappa shape index (κ3) is 4.50. The van der Waals surface area contributed by atoms with E-state index in [1.165, 1.54) is 41.7 Å². The number of carbonyl (C=O) groups excluding carboxylic acids is 1. The van der Waals surface area contributed by atoms with Crippen LogP contribution in [0.15, 0.2) is 34.8 Å². The molecule has 1 heterocycles. The second kappa shape index (κ2) is 7.86. The summed E-state index contributed by atoms with van der Waals surface area (Å²) >= 11 is 10.9. The summed E-state index contributed by atoms with van der Waals surface area (Å²) in [7, 11) is 0. The lowest BCUT2D eigenvalue weighted by Gasteiger charge is -1.98. The molecule has 0 spiro atoms. The number of nitro groups is 1. The molecule has 0 amide bonds. The first kappa shape index (κ1) is 17.8. The van der Waals surface area contributed by atoms with Crippen molar-refractivity contribution in [2.45, 2.75) is 19.8 Å². The largest absolute Gasteiger partial charge is 0.288 e. The summed E-state index contributed by atoms with van der Waals surface area (Å²) < 4.78 is 0.939. The van der Waals surface area contributed by atoms with Crippen molar-refractivity contribution in [3.63, 3.8) is 0 Å². The molecule has 23 heavy (non-hydrogen) atoms. The second-order valence-electron chi connectivity index (χ2n) is 4.79. The van der Waals surface area contributed by atoms with Gasteiger partial charge in [-0.25, -0.2) is 0 Å². The molecule has 0 N–H and O–H groups in total. The predicted molar refractivity (Wildman–Crippen MR) is 97.5 cm³/mol. The number of aryl methyl sites for hydroxylation is 1. The molecule has 2 rings (SSSR count). The first-order chi connectivity index (χ1) is 10.9. The number of allylic oxidation sites excluding steroid dienone is 1. The highest BCUT2D eigenvalue weighted by Gasteiger charge is 2.12. The van der Waals surface area contributed by atoms with E-state index in [-0.39, 0.29) is 11.5 Å². The minimum absolute atomic E-state index is 0.0643. The van der Waals surface area contributed by atoms with Gasteiger partial charge >= 0.3 is 0 Å². The quantitative estimate of drug-likeness (QED) is 0.255. The second-order valence-corrected chi connectivity index (χ2v) is 7.19. The molecule has 1 aromatic carbocycles. The van der Waals surface area contributed by atoms with Crippen molar-refractivity contribution in [2.75, 3.05) is 0 Å². The lowest BCUT2D eigenvalue weighted by molar-refractivity contribution is -0.384. The molecule has 1 aromatic heterocycles. The number of halogens is 2. The number of non-ortho nitro benzene ring substituents is 1. The van der Waals surface area contributed by atoms with E-state index < -0.39 is 4.92 Å². The van der Waals surface area contributed by atoms with Gasteiger partial charge in [0, 0.05) is 26.5 Å². The van der Waals surface area contributed by atoms with E-state index in [4.69, 9.17) is 11.6 Å². The molecular formula is C16H13BrClNO3S. The molecule has 0 atom stereocenters. The summed E-state index contributed by atoms with van der Waals surface area (Å²) in [6.07, 6.45) is 4.81. The van der Waals surface area contributed by atoms with Gasteiger partial charge in [0.15, 0.2) is 5.78 Å². The van der Waals surface area contributed by atoms with Crippen molar-refractivity contribution in [3.05, 3.63) is 65.3 Å². The van der Waals surface area contributed by atoms with Crippen LogP contribution in [0, 0.1) is 10.1 Å². The van der Waals surface area contributed by atoms with Crippen LogP contribution in [0.2, 0.25) is 5.02 Å². The van der Waals surface area contributed by atoms with Gasteiger partial charge in [-0.05, 0) is 52.2 Å². The van der Waals surface area contributed by atoms with Gasteiger partial charge in [-0.3, -0.25) is 14.9 Å². The van der Waals surface area contributed by atoms with Gasteiger partial charge in [-0.2, -0.15) is 0 Å². The minimum Gasteiger partial charge on any atom is -0.288 e. The molecule has 0 bridgehead atoms. The number of nitrogens with zero attached hydrogens (tertiary/aromatic N) is 1. The van der Waals surface area contributed by atoms with Gasteiger partial charge < -0.3 is 0 Å². The number of carbonyl (C=O) groups is 1. The fraction of sp³-hybridized carbons (Fsp3) is 0.188. The number of ketones is 1. The Morgan fingerprint density at radius 2 is 2.17 bits per heavy atom. The number of nitro benzene ring substituents is 1. The van der Waals surface area contributed by atoms with Gasteiger partial charge in [0.25, 0.3) is 5.69 Å². The minimum atomic E-state index is -0.497. The van der Waals surface area contributed by atoms with Gasteiger partial charge in [-0.1, -0.05) is 24.9 Å². The maximum absolute atomic E-state index is 12.2. The van der Waals surface area contributed by atoms with E-state index in [1.807, 2.05) is 0 Å². The van der Waals surface area contributed by atoms with Gasteiger partial charge in [-0.15, -0.1) is 11.3 Å². The predicted octanol–water partition coefficient (Wildman–Crippen LogP) is 5.92. The van der Waals surface area contributed by atoms with E-state index in [2.05, 4.69) is 22.9 Å². The third-order valence-electron chi connectivity index (χ3n) is 3.08. The van der Waals surface area contributed by atoms with Crippen LogP contribution in [0.3, 0.4) is 0 Å². The standard InChI is InChI=1S/C16H13BrClNO3S/c1-2-3-15-12(17)9-16(23-15)14(20)7-4-10-8-11(19(21)22)5-6-13(10)18/h4-9H,2-3H2,1H3/b7-4+. The summed E-state index contributed by atoms with van der Waals surface area (Å²) in [5.74, 6) is -0.152. The summed E-state index contributed by atoms with van der Waals surface area (Å²) in [6.45, 7) is 2.08. The van der Waals surface area contributed by atoms with Crippen LogP contribution in [0.25, 0.3) is 6.08 Å². The van der Waals surface area contributed by atoms with Gasteiger partial charge in [0.2, 0.25) is 0 Å². The molecule has 0 saturated carbocycles. The first-order valence-corrected chi connectivity index (χ1v) is 8.85. The molecule has 0 aliphatic heterocycles. The Labute approximate surface area is 151 Å². The van der Waals surface area contributed by atoms with Crippen molar-refractivity contribution in [1.29, 1.82) is 0 Å². The average molecular weight is 415 g/mol. The van der Waals surface area contributed by atoms with Crippen molar-refractivity contribution in [1.82, 2.24) is 0 Å². The molecule has 0 radical (unpaired) electrons. The normalized spacial score (nSPS) is 11.1. The number of hydrogen-bond donors (Lipinski definition) is 0. The lowest BCUT2D eigenvalue weighted by Crippen LogP contribution is -1.91. The molecular weight excluding hydrogens is 402 g/mol. The zero-order valence-electron chi connectivity index (χ0n) is 12.2. The number of thiophene rings is 1. The van der Waals surface area contributed by atoms with Gasteiger partial charge in [0.05, 0.1) is 9.80 Å². The Hall–Kier alpha value is -1.50. The van der Waals surface area contributed by atoms with Crippen molar-refractivity contribution in [3.8, 4) is 0 Å². The zero-order valence-corrected chi connectivity index (χ0v) is 15.4. The van der Waals surface area contributed by atoms with E-state index in [9.17, 15) is 14.9 Å². The summed E-state index contributed by atoms with van der Waals surface area (Å²) in [5, 5.41) is 11.2. The van der Waals surface area contributed by atoms with E-state index >= 15 is 0 Å². The van der Waals surface area contributed by atoms with E-state index in [1.54, 1.807) is 6.07 Å². The number of rotatable bonds is 6. The van der Waals surface area contributed by atoms with Crippen LogP contribution >= 0.6 is 38.9 Å². The highest BCUT2D eigenvalue weighted by atomic mass is 79.9. The Bertz CT molecular complexity index is 786. The molecule has 0 saturated heterocycles. The third-order valence-corrected chi connectivity index (χ3v) is 5.61. The molecule has 0 fully saturated rings. The van der Waals surface area contributed by atoms with Crippen LogP contribution in [0.5, 0.6) is 0 Å². The van der Waals surface area contributed by atoms with Crippen molar-refractivity contribution >= 4 is 56.4 Å². The summed E-state index contributed by atoms with van der Waals surface area (Å²) in [4.78, 5) is 24.3. The van der Waals surface area contributed by atoms with E-state index in [0.29, 0.717) is 15.5 Å². The van der Waals surface area contributed by atoms with Crippen molar-refractivity contribution < 1.29 is 9.72 Å². The average Bonchev–Trinajstić information content (AvgIpc) is 2.87. The van der Waals surface area contributed by atoms with Gasteiger partial charge in [0.1, 0.15) is 0 Å².